The number of halogens is 3. The molecule has 0 aliphatic carbocycles. The Hall–Kier alpha value is -2.64. The molecule has 0 bridgehead atoms. The average molecular weight is 503 g/mol. The molecule has 5 rings (SSSR count). The second-order valence-corrected chi connectivity index (χ2v) is 8.15. The predicted octanol–water partition coefficient (Wildman–Crippen LogP) is 5.62. The van der Waals surface area contributed by atoms with E-state index in [-0.39, 0.29) is 30.6 Å². The minimum Gasteiger partial charge on any atom is -0.463 e. The van der Waals surface area contributed by atoms with E-state index in [0.717, 1.165) is 60.9 Å². The number of nitrogens with zero attached hydrogens (tertiary/aromatic N) is 3. The van der Waals surface area contributed by atoms with Crippen LogP contribution in [0.25, 0.3) is 28.3 Å². The standard InChI is InChI=1S/C26H27FN4O.2ClH/c1-2-30-14-13-28-18-24(30)16-21-17-29-31(26(21)25-4-3-15-32-25)23-11-7-20(8-12-23)19-5-9-22(27)10-6-19;;/h3-12,15,17,24,28H,2,13-14,16,18H2,1H3;2*1H. The van der Waals surface area contributed by atoms with E-state index in [9.17, 15) is 4.39 Å². The summed E-state index contributed by atoms with van der Waals surface area (Å²) in [5.41, 5.74) is 5.14. The van der Waals surface area contributed by atoms with Crippen molar-refractivity contribution < 1.29 is 8.81 Å². The number of hydrogen-bond acceptors (Lipinski definition) is 4. The molecule has 2 aromatic carbocycles. The summed E-state index contributed by atoms with van der Waals surface area (Å²) in [5, 5.41) is 8.26. The summed E-state index contributed by atoms with van der Waals surface area (Å²) in [5.74, 6) is 0.583. The van der Waals surface area contributed by atoms with Crippen molar-refractivity contribution in [1.82, 2.24) is 20.0 Å². The summed E-state index contributed by atoms with van der Waals surface area (Å²) in [6.07, 6.45) is 4.58. The van der Waals surface area contributed by atoms with Crippen LogP contribution >= 0.6 is 24.8 Å². The number of benzene rings is 2. The Balaban J connectivity index is 0.00000162. The third-order valence-electron chi connectivity index (χ3n) is 6.22. The van der Waals surface area contributed by atoms with Crippen LogP contribution in [0.1, 0.15) is 12.5 Å². The van der Waals surface area contributed by atoms with Gasteiger partial charge in [0.2, 0.25) is 0 Å². The number of hydrogen-bond donors (Lipinski definition) is 1. The van der Waals surface area contributed by atoms with Crippen molar-refractivity contribution in [2.24, 2.45) is 0 Å². The van der Waals surface area contributed by atoms with Gasteiger partial charge in [-0.3, -0.25) is 4.90 Å². The van der Waals surface area contributed by atoms with Gasteiger partial charge in [-0.05, 0) is 60.5 Å². The Morgan fingerprint density at radius 3 is 2.38 bits per heavy atom. The van der Waals surface area contributed by atoms with Crippen LogP contribution in [0, 0.1) is 5.82 Å². The molecule has 8 heteroatoms. The van der Waals surface area contributed by atoms with E-state index in [4.69, 9.17) is 9.52 Å². The SMILES string of the molecule is CCN1CCNCC1Cc1cnn(-c2ccc(-c3ccc(F)cc3)cc2)c1-c1ccco1.Cl.Cl. The number of piperazine rings is 1. The molecule has 1 aliphatic rings. The molecule has 1 atom stereocenters. The zero-order valence-corrected chi connectivity index (χ0v) is 20.6. The predicted molar refractivity (Wildman–Crippen MR) is 139 cm³/mol. The van der Waals surface area contributed by atoms with Gasteiger partial charge in [-0.1, -0.05) is 31.2 Å². The van der Waals surface area contributed by atoms with Gasteiger partial charge in [-0.15, -0.1) is 24.8 Å². The highest BCUT2D eigenvalue weighted by atomic mass is 35.5. The van der Waals surface area contributed by atoms with Crippen molar-refractivity contribution in [2.45, 2.75) is 19.4 Å². The van der Waals surface area contributed by atoms with Gasteiger partial charge in [0, 0.05) is 31.2 Å². The molecule has 1 N–H and O–H groups in total. The molecule has 1 aliphatic heterocycles. The first-order chi connectivity index (χ1) is 15.7. The van der Waals surface area contributed by atoms with Crippen LogP contribution in [0.15, 0.2) is 77.5 Å². The van der Waals surface area contributed by atoms with E-state index >= 15 is 0 Å². The Kier molecular flexibility index (Phi) is 8.91. The van der Waals surface area contributed by atoms with Crippen LogP contribution in [0.3, 0.4) is 0 Å². The molecule has 5 nitrogen and oxygen atoms in total. The van der Waals surface area contributed by atoms with Crippen LogP contribution < -0.4 is 5.32 Å². The van der Waals surface area contributed by atoms with Crippen LogP contribution in [0.2, 0.25) is 0 Å². The van der Waals surface area contributed by atoms with Crippen LogP contribution in [0.5, 0.6) is 0 Å². The van der Waals surface area contributed by atoms with Gasteiger partial charge in [0.25, 0.3) is 0 Å². The van der Waals surface area contributed by atoms with E-state index in [2.05, 4.69) is 17.1 Å². The molecular formula is C26H29Cl2FN4O. The molecule has 180 valence electrons. The fourth-order valence-corrected chi connectivity index (χ4v) is 4.52. The Morgan fingerprint density at radius 1 is 1.03 bits per heavy atom. The van der Waals surface area contributed by atoms with Crippen molar-refractivity contribution in [1.29, 1.82) is 0 Å². The van der Waals surface area contributed by atoms with Gasteiger partial charge in [-0.2, -0.15) is 5.10 Å². The molecule has 0 spiro atoms. The van der Waals surface area contributed by atoms with Crippen molar-refractivity contribution in [3.8, 4) is 28.3 Å². The Labute approximate surface area is 211 Å². The van der Waals surface area contributed by atoms with Gasteiger partial charge < -0.3 is 9.73 Å². The molecule has 0 saturated carbocycles. The lowest BCUT2D eigenvalue weighted by atomic mass is 10.0. The first-order valence-electron chi connectivity index (χ1n) is 11.1. The first-order valence-corrected chi connectivity index (χ1v) is 11.1. The van der Waals surface area contributed by atoms with Gasteiger partial charge in [0.05, 0.1) is 18.1 Å². The lowest BCUT2D eigenvalue weighted by Crippen LogP contribution is -2.51. The zero-order valence-electron chi connectivity index (χ0n) is 19.0. The minimum absolute atomic E-state index is 0. The molecule has 4 aromatic rings. The minimum atomic E-state index is -0.229. The maximum atomic E-state index is 13.3. The van der Waals surface area contributed by atoms with Gasteiger partial charge in [0.15, 0.2) is 5.76 Å². The van der Waals surface area contributed by atoms with Crippen LogP contribution in [0.4, 0.5) is 4.39 Å². The number of nitrogens with one attached hydrogen (secondary N) is 1. The molecular weight excluding hydrogens is 474 g/mol. The second kappa shape index (κ2) is 11.7. The lowest BCUT2D eigenvalue weighted by molar-refractivity contribution is 0.169. The highest BCUT2D eigenvalue weighted by Crippen LogP contribution is 2.30. The van der Waals surface area contributed by atoms with Crippen LogP contribution in [-0.2, 0) is 6.42 Å². The first kappa shape index (κ1) is 26.0. The fourth-order valence-electron chi connectivity index (χ4n) is 4.52. The van der Waals surface area contributed by atoms with Gasteiger partial charge >= 0.3 is 0 Å². The highest BCUT2D eigenvalue weighted by molar-refractivity contribution is 5.85. The largest absolute Gasteiger partial charge is 0.463 e. The van der Waals surface area contributed by atoms with Crippen molar-refractivity contribution >= 4 is 24.8 Å². The molecule has 2 aromatic heterocycles. The Morgan fingerprint density at radius 2 is 1.74 bits per heavy atom. The summed E-state index contributed by atoms with van der Waals surface area (Å²) in [7, 11) is 0. The van der Waals surface area contributed by atoms with E-state index in [1.165, 1.54) is 17.7 Å². The molecule has 0 amide bonds. The smallest absolute Gasteiger partial charge is 0.152 e. The average Bonchev–Trinajstić information content (AvgIpc) is 3.50. The summed E-state index contributed by atoms with van der Waals surface area (Å²) in [6.45, 7) is 6.34. The topological polar surface area (TPSA) is 46.2 Å². The third-order valence-corrected chi connectivity index (χ3v) is 6.22. The summed E-state index contributed by atoms with van der Waals surface area (Å²) in [6, 6.07) is 19.1. The summed E-state index contributed by atoms with van der Waals surface area (Å²) >= 11 is 0. The van der Waals surface area contributed by atoms with Crippen molar-refractivity contribution in [2.75, 3.05) is 26.2 Å². The molecule has 34 heavy (non-hydrogen) atoms. The number of rotatable bonds is 6. The fraction of sp³-hybridized carbons (Fsp3) is 0.269. The normalized spacial score (nSPS) is 16.0. The maximum absolute atomic E-state index is 13.3. The second-order valence-electron chi connectivity index (χ2n) is 8.15. The van der Waals surface area contributed by atoms with Crippen LogP contribution in [-0.4, -0.2) is 46.9 Å². The molecule has 1 saturated heterocycles. The van der Waals surface area contributed by atoms with E-state index in [1.54, 1.807) is 18.4 Å². The third kappa shape index (κ3) is 5.36. The molecule has 0 radical (unpaired) electrons. The van der Waals surface area contributed by atoms with Crippen molar-refractivity contribution in [3.63, 3.8) is 0 Å². The molecule has 1 fully saturated rings. The molecule has 3 heterocycles. The quantitative estimate of drug-likeness (QED) is 0.371. The van der Waals surface area contributed by atoms with Crippen molar-refractivity contribution in [3.05, 3.63) is 84.5 Å². The number of furan rings is 1. The number of aromatic nitrogens is 2. The van der Waals surface area contributed by atoms with E-state index in [1.807, 2.05) is 47.3 Å². The highest BCUT2D eigenvalue weighted by Gasteiger charge is 2.25. The Bertz CT molecular complexity index is 1160. The summed E-state index contributed by atoms with van der Waals surface area (Å²) < 4.78 is 21.0. The molecule has 1 unspecified atom stereocenters. The van der Waals surface area contributed by atoms with E-state index < -0.39 is 0 Å². The summed E-state index contributed by atoms with van der Waals surface area (Å²) in [4.78, 5) is 2.53. The monoisotopic (exact) mass is 502 g/mol. The van der Waals surface area contributed by atoms with Gasteiger partial charge in [-0.25, -0.2) is 9.07 Å². The zero-order chi connectivity index (χ0) is 21.9. The van der Waals surface area contributed by atoms with Gasteiger partial charge in [0.1, 0.15) is 11.5 Å². The lowest BCUT2D eigenvalue weighted by Gasteiger charge is -2.35. The van der Waals surface area contributed by atoms with E-state index in [0.29, 0.717) is 6.04 Å². The number of likely N-dealkylation sites (N-methyl/N-ethyl adjacent to an activating group) is 1. The maximum Gasteiger partial charge on any atom is 0.152 e.